The molecule has 2 aromatic rings. The number of likely N-dealkylation sites (N-methyl/N-ethyl adjacent to an activating group) is 1. The zero-order valence-corrected chi connectivity index (χ0v) is 16.2. The predicted octanol–water partition coefficient (Wildman–Crippen LogP) is 2.06. The molecule has 2 atom stereocenters. The molecule has 140 valence electrons. The van der Waals surface area contributed by atoms with Crippen LogP contribution in [0.5, 0.6) is 5.75 Å². The molecular formula is C17H21ClN4O3S. The highest BCUT2D eigenvalue weighted by atomic mass is 35.5. The monoisotopic (exact) mass is 396 g/mol. The first kappa shape index (κ1) is 17.8. The van der Waals surface area contributed by atoms with Crippen molar-refractivity contribution in [2.45, 2.75) is 30.4 Å². The lowest BCUT2D eigenvalue weighted by atomic mass is 10.1. The molecule has 7 nitrogen and oxygen atoms in total. The van der Waals surface area contributed by atoms with Crippen molar-refractivity contribution in [2.75, 3.05) is 26.7 Å². The fraction of sp³-hybridized carbons (Fsp3) is 0.471. The quantitative estimate of drug-likeness (QED) is 0.859. The van der Waals surface area contributed by atoms with Crippen LogP contribution in [0.4, 0.5) is 0 Å². The third-order valence-electron chi connectivity index (χ3n) is 5.00. The molecule has 1 fully saturated rings. The maximum Gasteiger partial charge on any atom is 0.243 e. The Morgan fingerprint density at radius 3 is 2.88 bits per heavy atom. The van der Waals surface area contributed by atoms with Gasteiger partial charge >= 0.3 is 0 Å². The summed E-state index contributed by atoms with van der Waals surface area (Å²) >= 11 is 6.29. The second kappa shape index (κ2) is 6.53. The van der Waals surface area contributed by atoms with Gasteiger partial charge in [0.1, 0.15) is 17.7 Å². The predicted molar refractivity (Wildman–Crippen MR) is 98.0 cm³/mol. The molecule has 1 aromatic heterocycles. The number of nitrogens with zero attached hydrogens (tertiary/aromatic N) is 3. The Labute approximate surface area is 158 Å². The van der Waals surface area contributed by atoms with Crippen LogP contribution >= 0.6 is 11.6 Å². The summed E-state index contributed by atoms with van der Waals surface area (Å²) in [5.74, 6) is 1.37. The van der Waals surface area contributed by atoms with Crippen molar-refractivity contribution in [1.29, 1.82) is 0 Å². The molecule has 0 unspecified atom stereocenters. The van der Waals surface area contributed by atoms with Gasteiger partial charge in [-0.25, -0.2) is 13.4 Å². The van der Waals surface area contributed by atoms with E-state index in [1.165, 1.54) is 10.4 Å². The third kappa shape index (κ3) is 3.00. The highest BCUT2D eigenvalue weighted by Crippen LogP contribution is 2.39. The number of H-pyrrole nitrogens is 1. The second-order valence-corrected chi connectivity index (χ2v) is 9.20. The molecule has 1 saturated heterocycles. The van der Waals surface area contributed by atoms with Crippen LogP contribution in [0.25, 0.3) is 0 Å². The number of aromatic nitrogens is 2. The van der Waals surface area contributed by atoms with Gasteiger partial charge in [-0.05, 0) is 26.1 Å². The molecule has 1 aromatic carbocycles. The summed E-state index contributed by atoms with van der Waals surface area (Å²) in [5, 5.41) is 0.349. The number of fused-ring (bicyclic) bond motifs is 1. The molecule has 26 heavy (non-hydrogen) atoms. The van der Waals surface area contributed by atoms with E-state index >= 15 is 0 Å². The molecule has 2 aliphatic rings. The lowest BCUT2D eigenvalue weighted by Crippen LogP contribution is -2.49. The van der Waals surface area contributed by atoms with Crippen LogP contribution in [0.3, 0.4) is 0 Å². The minimum atomic E-state index is -3.65. The number of nitrogens with one attached hydrogen (secondary N) is 1. The summed E-state index contributed by atoms with van der Waals surface area (Å²) in [4.78, 5) is 9.71. The molecule has 2 aliphatic heterocycles. The van der Waals surface area contributed by atoms with Gasteiger partial charge < -0.3 is 9.72 Å². The number of piperazine rings is 1. The molecule has 0 aliphatic carbocycles. The summed E-state index contributed by atoms with van der Waals surface area (Å²) in [6.45, 7) is 3.34. The standard InChI is InChI=1S/C17H21ClN4O3S/c1-11-7-12-8-13(9-14(18)16(12)25-11)26(23,24)22-6-5-21(2)15(10-22)17-19-3-4-20-17/h3-4,8-9,11,15H,5-7,10H2,1-2H3,(H,19,20)/t11-,15-/m0/s1. The average molecular weight is 397 g/mol. The smallest absolute Gasteiger partial charge is 0.243 e. The molecule has 3 heterocycles. The summed E-state index contributed by atoms with van der Waals surface area (Å²) in [7, 11) is -1.67. The largest absolute Gasteiger partial charge is 0.489 e. The van der Waals surface area contributed by atoms with E-state index < -0.39 is 10.0 Å². The van der Waals surface area contributed by atoms with Gasteiger partial charge in [0, 0.05) is 44.0 Å². The van der Waals surface area contributed by atoms with Gasteiger partial charge in [0.2, 0.25) is 10.0 Å². The number of aromatic amines is 1. The Balaban J connectivity index is 1.65. The van der Waals surface area contributed by atoms with Crippen LogP contribution in [0.1, 0.15) is 24.4 Å². The first-order valence-corrected chi connectivity index (χ1v) is 10.4. The fourth-order valence-corrected chi connectivity index (χ4v) is 5.44. The highest BCUT2D eigenvalue weighted by molar-refractivity contribution is 7.89. The van der Waals surface area contributed by atoms with Gasteiger partial charge in [-0.1, -0.05) is 11.6 Å². The van der Waals surface area contributed by atoms with E-state index in [1.54, 1.807) is 18.5 Å². The number of ether oxygens (including phenoxy) is 1. The summed E-state index contributed by atoms with van der Waals surface area (Å²) < 4.78 is 33.6. The molecule has 0 saturated carbocycles. The van der Waals surface area contributed by atoms with E-state index in [0.29, 0.717) is 36.8 Å². The van der Waals surface area contributed by atoms with Crippen LogP contribution in [0, 0.1) is 0 Å². The van der Waals surface area contributed by atoms with Crippen molar-refractivity contribution in [3.05, 3.63) is 40.9 Å². The van der Waals surface area contributed by atoms with E-state index in [9.17, 15) is 8.42 Å². The number of hydrogen-bond donors (Lipinski definition) is 1. The Bertz CT molecular complexity index is 916. The molecule has 1 N–H and O–H groups in total. The lowest BCUT2D eigenvalue weighted by molar-refractivity contribution is 0.142. The minimum absolute atomic E-state index is 0.00687. The van der Waals surface area contributed by atoms with Gasteiger partial charge in [-0.2, -0.15) is 4.31 Å². The summed E-state index contributed by atoms with van der Waals surface area (Å²) in [6, 6.07) is 3.08. The first-order chi connectivity index (χ1) is 12.4. The second-order valence-electron chi connectivity index (χ2n) is 6.86. The number of hydrogen-bond acceptors (Lipinski definition) is 5. The van der Waals surface area contributed by atoms with Crippen molar-refractivity contribution in [1.82, 2.24) is 19.2 Å². The zero-order chi connectivity index (χ0) is 18.5. The SMILES string of the molecule is C[C@H]1Cc2cc(S(=O)(=O)N3CCN(C)[C@H](c4ncc[nH]4)C3)cc(Cl)c2O1. The van der Waals surface area contributed by atoms with Gasteiger partial charge in [0.15, 0.2) is 0 Å². The maximum atomic E-state index is 13.2. The molecular weight excluding hydrogens is 376 g/mol. The van der Waals surface area contributed by atoms with Crippen LogP contribution in [-0.4, -0.2) is 60.4 Å². The average Bonchev–Trinajstić information content (AvgIpc) is 3.24. The molecule has 0 bridgehead atoms. The van der Waals surface area contributed by atoms with Crippen molar-refractivity contribution >= 4 is 21.6 Å². The normalized spacial score (nSPS) is 24.4. The van der Waals surface area contributed by atoms with E-state index in [1.807, 2.05) is 14.0 Å². The Hall–Kier alpha value is -1.61. The van der Waals surface area contributed by atoms with E-state index in [-0.39, 0.29) is 17.0 Å². The third-order valence-corrected chi connectivity index (χ3v) is 7.13. The van der Waals surface area contributed by atoms with E-state index in [2.05, 4.69) is 14.9 Å². The van der Waals surface area contributed by atoms with Crippen molar-refractivity contribution in [3.63, 3.8) is 0 Å². The number of benzene rings is 1. The molecule has 0 spiro atoms. The van der Waals surface area contributed by atoms with Crippen LogP contribution in [0.15, 0.2) is 29.4 Å². The van der Waals surface area contributed by atoms with Crippen molar-refractivity contribution in [2.24, 2.45) is 0 Å². The molecule has 0 amide bonds. The Kier molecular flexibility index (Phi) is 4.46. The van der Waals surface area contributed by atoms with Crippen LogP contribution in [-0.2, 0) is 16.4 Å². The number of halogens is 1. The van der Waals surface area contributed by atoms with E-state index in [0.717, 1.165) is 11.4 Å². The fourth-order valence-electron chi connectivity index (χ4n) is 3.58. The molecule has 9 heteroatoms. The first-order valence-electron chi connectivity index (χ1n) is 8.55. The summed E-state index contributed by atoms with van der Waals surface area (Å²) in [6.07, 6.45) is 4.10. The minimum Gasteiger partial charge on any atom is -0.489 e. The van der Waals surface area contributed by atoms with Crippen LogP contribution in [0.2, 0.25) is 5.02 Å². The summed E-state index contributed by atoms with van der Waals surface area (Å²) in [5.41, 5.74) is 0.847. The van der Waals surface area contributed by atoms with E-state index in [4.69, 9.17) is 16.3 Å². The van der Waals surface area contributed by atoms with Gasteiger partial charge in [0.05, 0.1) is 16.0 Å². The van der Waals surface area contributed by atoms with Gasteiger partial charge in [-0.3, -0.25) is 4.90 Å². The highest BCUT2D eigenvalue weighted by Gasteiger charge is 2.36. The van der Waals surface area contributed by atoms with Crippen molar-refractivity contribution in [3.8, 4) is 5.75 Å². The number of rotatable bonds is 3. The van der Waals surface area contributed by atoms with Gasteiger partial charge in [-0.15, -0.1) is 0 Å². The molecule has 0 radical (unpaired) electrons. The van der Waals surface area contributed by atoms with Crippen molar-refractivity contribution < 1.29 is 13.2 Å². The maximum absolute atomic E-state index is 13.2. The lowest BCUT2D eigenvalue weighted by Gasteiger charge is -2.37. The zero-order valence-electron chi connectivity index (χ0n) is 14.6. The Morgan fingerprint density at radius 1 is 1.35 bits per heavy atom. The Morgan fingerprint density at radius 2 is 2.15 bits per heavy atom. The topological polar surface area (TPSA) is 78.5 Å². The van der Waals surface area contributed by atoms with Gasteiger partial charge in [0.25, 0.3) is 0 Å². The number of sulfonamides is 1. The van der Waals surface area contributed by atoms with Crippen LogP contribution < -0.4 is 4.74 Å². The number of imidazole rings is 1. The molecule has 4 rings (SSSR count).